The van der Waals surface area contributed by atoms with Gasteiger partial charge in [-0.2, -0.15) is 0 Å². The Morgan fingerprint density at radius 1 is 1.11 bits per heavy atom. The minimum Gasteiger partial charge on any atom is -0.497 e. The van der Waals surface area contributed by atoms with Crippen molar-refractivity contribution in [3.8, 4) is 11.5 Å². The maximum absolute atomic E-state index is 12.8. The molecular weight excluding hydrogens is 344 g/mol. The van der Waals surface area contributed by atoms with Crippen LogP contribution in [0.2, 0.25) is 0 Å². The lowest BCUT2D eigenvalue weighted by atomic mass is 10.2. The number of rotatable bonds is 6. The zero-order chi connectivity index (χ0) is 19.2. The Kier molecular flexibility index (Phi) is 6.13. The van der Waals surface area contributed by atoms with Crippen molar-refractivity contribution < 1.29 is 14.3 Å². The van der Waals surface area contributed by atoms with E-state index in [1.54, 1.807) is 26.6 Å². The first kappa shape index (κ1) is 19.0. The Morgan fingerprint density at radius 2 is 1.89 bits per heavy atom. The predicted molar refractivity (Wildman–Crippen MR) is 105 cm³/mol. The van der Waals surface area contributed by atoms with Gasteiger partial charge in [0.25, 0.3) is 5.91 Å². The SMILES string of the molecule is CCN1CCN(C(=O)c2cncc(Nc3cc(OC)ccc3OC)c2)CC1. The second-order valence-electron chi connectivity index (χ2n) is 6.38. The second-order valence-corrected chi connectivity index (χ2v) is 6.38. The van der Waals surface area contributed by atoms with E-state index in [1.807, 2.05) is 29.2 Å². The molecule has 1 fully saturated rings. The highest BCUT2D eigenvalue weighted by molar-refractivity contribution is 5.95. The van der Waals surface area contributed by atoms with E-state index in [-0.39, 0.29) is 5.91 Å². The highest BCUT2D eigenvalue weighted by atomic mass is 16.5. The number of pyridine rings is 1. The molecule has 2 aromatic rings. The minimum atomic E-state index is 0.0134. The number of hydrogen-bond donors (Lipinski definition) is 1. The molecule has 7 nitrogen and oxygen atoms in total. The molecule has 0 spiro atoms. The summed E-state index contributed by atoms with van der Waals surface area (Å²) in [5, 5.41) is 3.27. The van der Waals surface area contributed by atoms with E-state index in [9.17, 15) is 4.79 Å². The van der Waals surface area contributed by atoms with Gasteiger partial charge < -0.3 is 24.6 Å². The van der Waals surface area contributed by atoms with Gasteiger partial charge in [-0.25, -0.2) is 0 Å². The quantitative estimate of drug-likeness (QED) is 0.843. The van der Waals surface area contributed by atoms with E-state index in [2.05, 4.69) is 22.1 Å². The lowest BCUT2D eigenvalue weighted by molar-refractivity contribution is 0.0643. The molecule has 1 aliphatic heterocycles. The summed E-state index contributed by atoms with van der Waals surface area (Å²) < 4.78 is 10.7. The van der Waals surface area contributed by atoms with Crippen LogP contribution in [-0.2, 0) is 0 Å². The van der Waals surface area contributed by atoms with Crippen LogP contribution in [0, 0.1) is 0 Å². The van der Waals surface area contributed by atoms with Crippen LogP contribution in [-0.4, -0.2) is 67.6 Å². The van der Waals surface area contributed by atoms with Crippen LogP contribution in [0.5, 0.6) is 11.5 Å². The van der Waals surface area contributed by atoms with E-state index >= 15 is 0 Å². The Hall–Kier alpha value is -2.80. The van der Waals surface area contributed by atoms with Gasteiger partial charge in [-0.05, 0) is 24.7 Å². The molecule has 1 N–H and O–H groups in total. The zero-order valence-electron chi connectivity index (χ0n) is 16.1. The van der Waals surface area contributed by atoms with Crippen molar-refractivity contribution in [1.82, 2.24) is 14.8 Å². The molecule has 0 saturated carbocycles. The van der Waals surface area contributed by atoms with Crippen molar-refractivity contribution in [3.63, 3.8) is 0 Å². The summed E-state index contributed by atoms with van der Waals surface area (Å²) in [6, 6.07) is 7.33. The molecule has 2 heterocycles. The minimum absolute atomic E-state index is 0.0134. The van der Waals surface area contributed by atoms with Gasteiger partial charge in [0, 0.05) is 38.4 Å². The first-order valence-electron chi connectivity index (χ1n) is 9.10. The van der Waals surface area contributed by atoms with E-state index in [1.165, 1.54) is 0 Å². The van der Waals surface area contributed by atoms with E-state index < -0.39 is 0 Å². The Morgan fingerprint density at radius 3 is 2.56 bits per heavy atom. The van der Waals surface area contributed by atoms with Crippen LogP contribution in [0.15, 0.2) is 36.7 Å². The van der Waals surface area contributed by atoms with Gasteiger partial charge in [0.2, 0.25) is 0 Å². The topological polar surface area (TPSA) is 66.9 Å². The number of likely N-dealkylation sites (N-methyl/N-ethyl adjacent to an activating group) is 1. The summed E-state index contributed by atoms with van der Waals surface area (Å²) >= 11 is 0. The van der Waals surface area contributed by atoms with Crippen molar-refractivity contribution in [2.24, 2.45) is 0 Å². The normalized spacial score (nSPS) is 14.7. The molecular formula is C20H26N4O3. The number of anilines is 2. The van der Waals surface area contributed by atoms with Crippen LogP contribution >= 0.6 is 0 Å². The molecule has 0 atom stereocenters. The van der Waals surface area contributed by atoms with Crippen LogP contribution in [0.4, 0.5) is 11.4 Å². The van der Waals surface area contributed by atoms with Crippen LogP contribution in [0.1, 0.15) is 17.3 Å². The lowest BCUT2D eigenvalue weighted by Crippen LogP contribution is -2.48. The number of carbonyl (C=O) groups is 1. The monoisotopic (exact) mass is 370 g/mol. The van der Waals surface area contributed by atoms with E-state index in [4.69, 9.17) is 9.47 Å². The molecule has 1 saturated heterocycles. The van der Waals surface area contributed by atoms with Gasteiger partial charge in [0.05, 0.1) is 37.4 Å². The fourth-order valence-electron chi connectivity index (χ4n) is 3.14. The Labute approximate surface area is 159 Å². The molecule has 1 aromatic carbocycles. The molecule has 1 aromatic heterocycles. The van der Waals surface area contributed by atoms with Crippen molar-refractivity contribution >= 4 is 17.3 Å². The molecule has 0 bridgehead atoms. The third-order valence-electron chi connectivity index (χ3n) is 4.78. The summed E-state index contributed by atoms with van der Waals surface area (Å²) in [7, 11) is 3.23. The standard InChI is InChI=1S/C20H26N4O3/c1-4-23-7-9-24(10-8-23)20(25)15-11-16(14-21-13-15)22-18-12-17(26-2)5-6-19(18)27-3/h5-6,11-14,22H,4,7-10H2,1-3H3. The lowest BCUT2D eigenvalue weighted by Gasteiger charge is -2.34. The van der Waals surface area contributed by atoms with Crippen LogP contribution < -0.4 is 14.8 Å². The van der Waals surface area contributed by atoms with Crippen LogP contribution in [0.25, 0.3) is 0 Å². The first-order chi connectivity index (χ1) is 13.1. The number of methoxy groups -OCH3 is 2. The average molecular weight is 370 g/mol. The summed E-state index contributed by atoms with van der Waals surface area (Å²) in [5.41, 5.74) is 2.05. The summed E-state index contributed by atoms with van der Waals surface area (Å²) in [6.07, 6.45) is 3.30. The fraction of sp³-hybridized carbons (Fsp3) is 0.400. The number of ether oxygens (including phenoxy) is 2. The van der Waals surface area contributed by atoms with E-state index in [0.717, 1.165) is 44.1 Å². The number of aromatic nitrogens is 1. The number of amides is 1. The smallest absolute Gasteiger partial charge is 0.255 e. The van der Waals surface area contributed by atoms with Crippen LogP contribution in [0.3, 0.4) is 0 Å². The molecule has 27 heavy (non-hydrogen) atoms. The first-order valence-corrected chi connectivity index (χ1v) is 9.10. The third kappa shape index (κ3) is 4.49. The van der Waals surface area contributed by atoms with Gasteiger partial charge in [-0.1, -0.05) is 6.92 Å². The number of carbonyl (C=O) groups excluding carboxylic acids is 1. The summed E-state index contributed by atoms with van der Waals surface area (Å²) in [5.74, 6) is 1.41. The van der Waals surface area contributed by atoms with Crippen molar-refractivity contribution in [1.29, 1.82) is 0 Å². The summed E-state index contributed by atoms with van der Waals surface area (Å²) in [6.45, 7) is 6.47. The molecule has 7 heteroatoms. The highest BCUT2D eigenvalue weighted by Gasteiger charge is 2.21. The fourth-order valence-corrected chi connectivity index (χ4v) is 3.14. The van der Waals surface area contributed by atoms with Crippen molar-refractivity contribution in [2.75, 3.05) is 52.3 Å². The highest BCUT2D eigenvalue weighted by Crippen LogP contribution is 2.31. The zero-order valence-corrected chi connectivity index (χ0v) is 16.1. The molecule has 0 aliphatic carbocycles. The molecule has 3 rings (SSSR count). The number of benzene rings is 1. The molecule has 0 unspecified atom stereocenters. The third-order valence-corrected chi connectivity index (χ3v) is 4.78. The van der Waals surface area contributed by atoms with Gasteiger partial charge >= 0.3 is 0 Å². The Balaban J connectivity index is 1.75. The number of nitrogens with one attached hydrogen (secondary N) is 1. The average Bonchev–Trinajstić information content (AvgIpc) is 2.73. The van der Waals surface area contributed by atoms with E-state index in [0.29, 0.717) is 17.1 Å². The van der Waals surface area contributed by atoms with Crippen molar-refractivity contribution in [3.05, 3.63) is 42.2 Å². The predicted octanol–water partition coefficient (Wildman–Crippen LogP) is 2.62. The molecule has 1 amide bonds. The van der Waals surface area contributed by atoms with Gasteiger partial charge in [-0.3, -0.25) is 9.78 Å². The number of nitrogens with zero attached hydrogens (tertiary/aromatic N) is 3. The van der Waals surface area contributed by atoms with Gasteiger partial charge in [0.15, 0.2) is 0 Å². The summed E-state index contributed by atoms with van der Waals surface area (Å²) in [4.78, 5) is 21.3. The molecule has 144 valence electrons. The number of piperazine rings is 1. The Bertz CT molecular complexity index is 789. The largest absolute Gasteiger partial charge is 0.497 e. The maximum Gasteiger partial charge on any atom is 0.255 e. The van der Waals surface area contributed by atoms with Gasteiger partial charge in [-0.15, -0.1) is 0 Å². The maximum atomic E-state index is 12.8. The second kappa shape index (κ2) is 8.73. The molecule has 1 aliphatic rings. The van der Waals surface area contributed by atoms with Crippen molar-refractivity contribution in [2.45, 2.75) is 6.92 Å². The number of hydrogen-bond acceptors (Lipinski definition) is 6. The molecule has 0 radical (unpaired) electrons. The van der Waals surface area contributed by atoms with Gasteiger partial charge in [0.1, 0.15) is 11.5 Å².